The van der Waals surface area contributed by atoms with E-state index in [-0.39, 0.29) is 10.8 Å². The maximum Gasteiger partial charge on any atom is 0.153 e. The van der Waals surface area contributed by atoms with Crippen molar-refractivity contribution >= 4 is 76.8 Å². The van der Waals surface area contributed by atoms with E-state index in [1.54, 1.807) is 11.1 Å². The Hall–Kier alpha value is -10.4. The van der Waals surface area contributed by atoms with Gasteiger partial charge in [0, 0.05) is 132 Å². The number of rotatable bonds is 9. The summed E-state index contributed by atoms with van der Waals surface area (Å²) in [4.78, 5) is 2.58. The van der Waals surface area contributed by atoms with Crippen LogP contribution in [0, 0.1) is 20.8 Å². The van der Waals surface area contributed by atoms with Crippen LogP contribution in [0.15, 0.2) is 243 Å². The van der Waals surface area contributed by atoms with Crippen LogP contribution in [0.3, 0.4) is 0 Å². The largest absolute Gasteiger partial charge is 0.368 e. The van der Waals surface area contributed by atoms with E-state index in [1.807, 2.05) is 0 Å². The number of benzene rings is 11. The number of unbranched alkanes of at least 4 members (excludes halogenated alkanes) is 1. The van der Waals surface area contributed by atoms with Crippen molar-refractivity contribution < 1.29 is 0 Å². The van der Waals surface area contributed by atoms with Crippen molar-refractivity contribution in [3.63, 3.8) is 0 Å². The molecule has 118 heavy (non-hydrogen) atoms. The molecule has 5 unspecified atom stereocenters. The first-order valence-corrected chi connectivity index (χ1v) is 51.2. The average molecular weight is 1580 g/mol. The summed E-state index contributed by atoms with van der Waals surface area (Å²) in [5.74, 6) is 1.94. The number of hydrogen-bond acceptors (Lipinski definition) is 1. The Morgan fingerprint density at radius 1 is 0.356 bits per heavy atom. The second kappa shape index (κ2) is 30.4. The van der Waals surface area contributed by atoms with Crippen molar-refractivity contribution in [2.45, 2.75) is 229 Å². The lowest BCUT2D eigenvalue weighted by molar-refractivity contribution is 0.591. The van der Waals surface area contributed by atoms with E-state index < -0.39 is 16.3 Å². The lowest BCUT2D eigenvalue weighted by Crippen LogP contribution is -2.32. The highest BCUT2D eigenvalue weighted by molar-refractivity contribution is 6.76. The highest BCUT2D eigenvalue weighted by atomic mass is 28.3. The third-order valence-corrected chi connectivity index (χ3v) is 29.8. The molecule has 11 aromatic carbocycles. The number of anilines is 1. The highest BCUT2D eigenvalue weighted by Crippen LogP contribution is 2.59. The molecule has 0 fully saturated rings. The summed E-state index contributed by atoms with van der Waals surface area (Å²) in [5, 5.41) is 5.82. The van der Waals surface area contributed by atoms with Crippen molar-refractivity contribution in [3.05, 3.63) is 337 Å². The zero-order valence-corrected chi connectivity index (χ0v) is 76.5. The minimum atomic E-state index is -1.55. The van der Waals surface area contributed by atoms with Gasteiger partial charge in [0.05, 0.1) is 31.2 Å². The van der Waals surface area contributed by atoms with Gasteiger partial charge in [-0.3, -0.25) is 0 Å². The van der Waals surface area contributed by atoms with Crippen LogP contribution in [0.1, 0.15) is 227 Å². The Kier molecular flexibility index (Phi) is 20.6. The van der Waals surface area contributed by atoms with E-state index in [1.165, 1.54) is 208 Å². The Balaban J connectivity index is 0.000000106. The highest BCUT2D eigenvalue weighted by Gasteiger charge is 2.43. The molecule has 0 spiro atoms. The summed E-state index contributed by atoms with van der Waals surface area (Å²) in [6.45, 7) is 54.5. The predicted molar refractivity (Wildman–Crippen MR) is 515 cm³/mol. The lowest BCUT2D eigenvalue weighted by Gasteiger charge is -2.27. The predicted octanol–water partition coefficient (Wildman–Crippen LogP) is 30.7. The van der Waals surface area contributed by atoms with Crippen molar-refractivity contribution in [1.29, 1.82) is 0 Å². The molecule has 0 N–H and O–H groups in total. The molecule has 600 valence electrons. The van der Waals surface area contributed by atoms with Crippen LogP contribution in [-0.4, -0.2) is 34.2 Å². The van der Waals surface area contributed by atoms with E-state index in [9.17, 15) is 0 Å². The van der Waals surface area contributed by atoms with Crippen LogP contribution < -0.4 is 4.90 Å². The van der Waals surface area contributed by atoms with E-state index in [2.05, 4.69) is 416 Å². The van der Waals surface area contributed by atoms with Gasteiger partial charge in [0.1, 0.15) is 0 Å². The van der Waals surface area contributed by atoms with Crippen LogP contribution in [0.5, 0.6) is 0 Å². The van der Waals surface area contributed by atoms with E-state index in [4.69, 9.17) is 0 Å². The van der Waals surface area contributed by atoms with Gasteiger partial charge in [-0.1, -0.05) is 321 Å². The molecule has 21 rings (SSSR count). The average Bonchev–Trinajstić information content (AvgIpc) is 1.57. The van der Waals surface area contributed by atoms with Crippen LogP contribution in [0.25, 0.3) is 99.8 Å². The SMILES string of the molecule is CC1=C2c3cc(C)ccc3N(Cc3ccccc3)C2c2ccccc21.CC1c2ccccc2-c2c1c1cc(C(C)(C)C)ccc1n2C[Si](C)(C)C.CC1c2ccccc2-c2c1c1cc(C(C)(C)C)ccc1n2[Si](C)(C)C.CCCCn1c2c(c3cc(C)ccc31)C(C)c1ccccc1-2.CCn1c2c(c3cc(C)ccc31)C(C)c1ccccc1-2. The lowest BCUT2D eigenvalue weighted by atomic mass is 9.85. The van der Waals surface area contributed by atoms with Gasteiger partial charge in [-0.05, 0) is 196 Å². The van der Waals surface area contributed by atoms with Crippen LogP contribution in [-0.2, 0) is 36.6 Å². The van der Waals surface area contributed by atoms with Gasteiger partial charge in [0.15, 0.2) is 8.24 Å². The molecular weight excluding hydrogens is 1460 g/mol. The van der Waals surface area contributed by atoms with E-state index in [0.717, 1.165) is 19.6 Å². The number of nitrogens with zero attached hydrogens (tertiary/aromatic N) is 5. The summed E-state index contributed by atoms with van der Waals surface area (Å²) in [5.41, 5.74) is 46.5. The zero-order chi connectivity index (χ0) is 83.1. The van der Waals surface area contributed by atoms with E-state index in [0.29, 0.717) is 29.7 Å². The fourth-order valence-corrected chi connectivity index (χ4v) is 24.3. The molecule has 0 saturated carbocycles. The third-order valence-electron chi connectivity index (χ3n) is 26.8. The van der Waals surface area contributed by atoms with E-state index >= 15 is 0 Å². The molecule has 5 nitrogen and oxygen atoms in total. The molecule has 7 heteroatoms. The molecule has 5 heterocycles. The fourth-order valence-electron chi connectivity index (χ4n) is 21.2. The van der Waals surface area contributed by atoms with Crippen LogP contribution in [0.2, 0.25) is 39.3 Å². The summed E-state index contributed by atoms with van der Waals surface area (Å²) in [6, 6.07) is 90.9. The first kappa shape index (κ1) is 80.0. The van der Waals surface area contributed by atoms with Crippen molar-refractivity contribution in [3.8, 4) is 45.0 Å². The third kappa shape index (κ3) is 13.7. The molecule has 5 aliphatic carbocycles. The van der Waals surface area contributed by atoms with Gasteiger partial charge >= 0.3 is 0 Å². The Morgan fingerprint density at radius 2 is 0.737 bits per heavy atom. The molecular formula is C111H123N5Si2. The number of hydrogen-bond donors (Lipinski definition) is 0. The molecule has 1 aliphatic heterocycles. The summed E-state index contributed by atoms with van der Waals surface area (Å²) in [7, 11) is -2.80. The molecule has 5 atom stereocenters. The van der Waals surface area contributed by atoms with Crippen LogP contribution >= 0.6 is 0 Å². The normalized spacial score (nSPS) is 16.8. The molecule has 0 amide bonds. The molecule has 4 aromatic heterocycles. The monoisotopic (exact) mass is 1580 g/mol. The minimum absolute atomic E-state index is 0.177. The van der Waals surface area contributed by atoms with Gasteiger partial charge < -0.3 is 22.8 Å². The van der Waals surface area contributed by atoms with Gasteiger partial charge in [-0.2, -0.15) is 0 Å². The maximum absolute atomic E-state index is 2.70. The van der Waals surface area contributed by atoms with Gasteiger partial charge in [0.25, 0.3) is 0 Å². The van der Waals surface area contributed by atoms with Crippen molar-refractivity contribution in [1.82, 2.24) is 17.9 Å². The minimum Gasteiger partial charge on any atom is -0.368 e. The maximum atomic E-state index is 2.70. The first-order chi connectivity index (χ1) is 56.4. The second-order valence-electron chi connectivity index (χ2n) is 39.4. The summed E-state index contributed by atoms with van der Waals surface area (Å²) in [6.07, 6.45) is 3.65. The zero-order valence-electron chi connectivity index (χ0n) is 74.5. The molecule has 0 radical (unpaired) electrons. The first-order valence-electron chi connectivity index (χ1n) is 44.1. The fraction of sp³-hybridized carbons (Fsp3) is 0.315. The number of aryl methyl sites for hydroxylation is 5. The Morgan fingerprint density at radius 3 is 1.21 bits per heavy atom. The number of allylic oxidation sites excluding steroid dienone is 1. The summed E-state index contributed by atoms with van der Waals surface area (Å²) < 4.78 is 10.4. The van der Waals surface area contributed by atoms with Crippen molar-refractivity contribution in [2.75, 3.05) is 4.90 Å². The molecule has 0 bridgehead atoms. The quantitative estimate of drug-likeness (QED) is 0.132. The topological polar surface area (TPSA) is 23.0 Å². The standard InChI is InChI=1S/C24H31NSi.C24H21N.C23H29NSi.C21H23N.C19H19N/c1-16-18-10-8-9-11-19(18)23-22(16)20-14-17(24(2,3)4)12-13-21(20)25(23)15-26(5,6)7;1-16-12-13-22-21(14-16)23-17(2)19-10-6-7-11-20(19)24(23)25(22)15-18-8-4-3-5-9-18;1-15-17-10-8-9-11-18(17)22-21(15)19-14-16(23(2,3)4)12-13-20(19)24(22)25(5,6)7;1-4-5-12-22-19-11-10-14(2)13-18(19)20-15(3)16-8-6-7-9-17(16)21(20)22;1-4-20-17-10-9-12(2)11-16(17)18-13(3)14-7-5-6-8-15(14)19(18)20/h8-14,16H,15H2,1-7H3;3-14,24H,15H2,1-2H3;8-15H,1-7H3;6-11,13,15H,4-5,12H2,1-3H3;5-11,13H,4H2,1-3H3. The Bertz CT molecular complexity index is 6470. The van der Waals surface area contributed by atoms with Gasteiger partial charge in [0.2, 0.25) is 0 Å². The number of aromatic nitrogens is 4. The smallest absolute Gasteiger partial charge is 0.153 e. The summed E-state index contributed by atoms with van der Waals surface area (Å²) >= 11 is 0. The second-order valence-corrected chi connectivity index (χ2v) is 49.6. The van der Waals surface area contributed by atoms with Gasteiger partial charge in [-0.15, -0.1) is 0 Å². The van der Waals surface area contributed by atoms with Crippen LogP contribution in [0.4, 0.5) is 5.69 Å². The van der Waals surface area contributed by atoms with Gasteiger partial charge in [-0.25, -0.2) is 0 Å². The van der Waals surface area contributed by atoms with Crippen molar-refractivity contribution in [2.24, 2.45) is 0 Å². The molecule has 15 aromatic rings. The Labute approximate surface area is 706 Å². The number of fused-ring (bicyclic) bond motifs is 25. The molecule has 0 saturated heterocycles. The molecule has 6 aliphatic rings.